The molecule has 4 heteroatoms. The maximum Gasteiger partial charge on any atom is 0.253 e. The summed E-state index contributed by atoms with van der Waals surface area (Å²) in [5.41, 5.74) is 5.05. The van der Waals surface area contributed by atoms with Crippen LogP contribution in [0, 0.1) is 13.8 Å². The number of aryl methyl sites for hydroxylation is 3. The van der Waals surface area contributed by atoms with Gasteiger partial charge in [-0.25, -0.2) is 0 Å². The average Bonchev–Trinajstić information content (AvgIpc) is 2.63. The van der Waals surface area contributed by atoms with Gasteiger partial charge >= 0.3 is 0 Å². The summed E-state index contributed by atoms with van der Waals surface area (Å²) in [7, 11) is 0. The quantitative estimate of drug-likeness (QED) is 0.712. The summed E-state index contributed by atoms with van der Waals surface area (Å²) in [6, 6.07) is 15.9. The van der Waals surface area contributed by atoms with Crippen LogP contribution in [0.15, 0.2) is 53.3 Å². The Bertz CT molecular complexity index is 989. The van der Waals surface area contributed by atoms with Gasteiger partial charge in [0.25, 0.3) is 5.56 Å². The van der Waals surface area contributed by atoms with E-state index < -0.39 is 0 Å². The third-order valence-electron chi connectivity index (χ3n) is 4.75. The van der Waals surface area contributed by atoms with Crippen molar-refractivity contribution < 1.29 is 4.79 Å². The molecule has 0 aliphatic carbocycles. The lowest BCUT2D eigenvalue weighted by Gasteiger charge is -2.07. The molecule has 0 aliphatic rings. The van der Waals surface area contributed by atoms with E-state index in [1.165, 1.54) is 16.7 Å². The number of rotatable bonds is 6. The molecule has 0 radical (unpaired) electrons. The molecule has 3 aromatic rings. The van der Waals surface area contributed by atoms with E-state index in [4.69, 9.17) is 0 Å². The molecule has 0 saturated heterocycles. The maximum absolute atomic E-state index is 12.1. The first-order valence-corrected chi connectivity index (χ1v) is 8.97. The van der Waals surface area contributed by atoms with Crippen molar-refractivity contribution in [1.29, 1.82) is 0 Å². The number of hydrogen-bond donors (Lipinski definition) is 2. The lowest BCUT2D eigenvalue weighted by molar-refractivity contribution is -0.121. The Labute approximate surface area is 153 Å². The predicted molar refractivity (Wildman–Crippen MR) is 105 cm³/mol. The lowest BCUT2D eigenvalue weighted by atomic mass is 10.0. The molecule has 0 unspecified atom stereocenters. The third-order valence-corrected chi connectivity index (χ3v) is 4.75. The Morgan fingerprint density at radius 3 is 2.65 bits per heavy atom. The van der Waals surface area contributed by atoms with E-state index in [1.54, 1.807) is 0 Å². The Hall–Kier alpha value is -2.88. The highest BCUT2D eigenvalue weighted by atomic mass is 16.1. The molecule has 0 bridgehead atoms. The van der Waals surface area contributed by atoms with Crippen molar-refractivity contribution in [1.82, 2.24) is 10.3 Å². The number of carbonyl (C=O) groups is 1. The molecule has 2 N–H and O–H groups in total. The molecular formula is C22H24N2O2. The number of H-pyrrole nitrogens is 1. The van der Waals surface area contributed by atoms with E-state index in [1.807, 2.05) is 30.3 Å². The minimum Gasteiger partial charge on any atom is -0.352 e. The van der Waals surface area contributed by atoms with Crippen molar-refractivity contribution in [2.24, 2.45) is 0 Å². The molecule has 1 heterocycles. The number of para-hydroxylation sites is 1. The fraction of sp³-hybridized carbons (Fsp3) is 0.273. The summed E-state index contributed by atoms with van der Waals surface area (Å²) < 4.78 is 0. The normalized spacial score (nSPS) is 10.8. The van der Waals surface area contributed by atoms with Crippen molar-refractivity contribution >= 4 is 16.8 Å². The topological polar surface area (TPSA) is 62.0 Å². The van der Waals surface area contributed by atoms with Gasteiger partial charge in [0, 0.05) is 24.0 Å². The van der Waals surface area contributed by atoms with Crippen LogP contribution in [0.25, 0.3) is 10.9 Å². The summed E-state index contributed by atoms with van der Waals surface area (Å²) in [4.78, 5) is 27.0. The molecule has 26 heavy (non-hydrogen) atoms. The second kappa shape index (κ2) is 8.00. The van der Waals surface area contributed by atoms with E-state index in [-0.39, 0.29) is 18.0 Å². The van der Waals surface area contributed by atoms with Crippen molar-refractivity contribution in [2.75, 3.05) is 0 Å². The molecule has 3 rings (SSSR count). The molecular weight excluding hydrogens is 324 g/mol. The third kappa shape index (κ3) is 4.39. The average molecular weight is 348 g/mol. The van der Waals surface area contributed by atoms with E-state index >= 15 is 0 Å². The van der Waals surface area contributed by atoms with Gasteiger partial charge in [-0.1, -0.05) is 36.4 Å². The monoisotopic (exact) mass is 348 g/mol. The Morgan fingerprint density at radius 1 is 1.04 bits per heavy atom. The minimum atomic E-state index is -0.154. The van der Waals surface area contributed by atoms with Crippen LogP contribution in [0.3, 0.4) is 0 Å². The van der Waals surface area contributed by atoms with Crippen LogP contribution < -0.4 is 10.9 Å². The number of amides is 1. The predicted octanol–water partition coefficient (Wildman–Crippen LogP) is 3.78. The van der Waals surface area contributed by atoms with Crippen LogP contribution in [-0.4, -0.2) is 10.9 Å². The summed E-state index contributed by atoms with van der Waals surface area (Å²) in [5, 5.41) is 3.82. The van der Waals surface area contributed by atoms with Gasteiger partial charge < -0.3 is 10.3 Å². The van der Waals surface area contributed by atoms with E-state index in [9.17, 15) is 9.59 Å². The molecule has 1 aromatic heterocycles. The largest absolute Gasteiger partial charge is 0.352 e. The van der Waals surface area contributed by atoms with E-state index in [0.29, 0.717) is 12.0 Å². The zero-order valence-electron chi connectivity index (χ0n) is 15.3. The van der Waals surface area contributed by atoms with Crippen molar-refractivity contribution in [2.45, 2.75) is 39.7 Å². The van der Waals surface area contributed by atoms with Crippen LogP contribution in [0.2, 0.25) is 0 Å². The Balaban J connectivity index is 1.52. The number of aromatic nitrogens is 1. The smallest absolute Gasteiger partial charge is 0.253 e. The summed E-state index contributed by atoms with van der Waals surface area (Å²) in [6.07, 6.45) is 2.13. The van der Waals surface area contributed by atoms with Crippen LogP contribution in [0.4, 0.5) is 0 Å². The second-order valence-electron chi connectivity index (χ2n) is 6.76. The minimum absolute atomic E-state index is 0.0265. The first-order chi connectivity index (χ1) is 12.5. The number of hydrogen-bond acceptors (Lipinski definition) is 2. The van der Waals surface area contributed by atoms with Gasteiger partial charge in [0.05, 0.1) is 0 Å². The van der Waals surface area contributed by atoms with Gasteiger partial charge in [0.15, 0.2) is 0 Å². The molecule has 2 aromatic carbocycles. The van der Waals surface area contributed by atoms with Gasteiger partial charge in [-0.3, -0.25) is 9.59 Å². The van der Waals surface area contributed by atoms with Gasteiger partial charge in [0.1, 0.15) is 0 Å². The van der Waals surface area contributed by atoms with Crippen LogP contribution >= 0.6 is 0 Å². The SMILES string of the molecule is Cc1ccc(CCCC(=O)NCc2cc3ccccc3[nH]c2=O)cc1C. The fourth-order valence-electron chi connectivity index (χ4n) is 3.02. The molecule has 134 valence electrons. The molecule has 4 nitrogen and oxygen atoms in total. The Morgan fingerprint density at radius 2 is 1.85 bits per heavy atom. The van der Waals surface area contributed by atoms with Gasteiger partial charge in [-0.2, -0.15) is 0 Å². The molecule has 0 atom stereocenters. The van der Waals surface area contributed by atoms with E-state index in [2.05, 4.69) is 42.3 Å². The van der Waals surface area contributed by atoms with Gasteiger partial charge in [-0.15, -0.1) is 0 Å². The second-order valence-corrected chi connectivity index (χ2v) is 6.76. The standard InChI is InChI=1S/C22H24N2O2/c1-15-10-11-17(12-16(15)2)6-5-9-21(25)23-14-19-13-18-7-3-4-8-20(18)24-22(19)26/h3-4,7-8,10-13H,5-6,9,14H2,1-2H3,(H,23,25)(H,24,26). The molecule has 0 fully saturated rings. The number of aromatic amines is 1. The highest BCUT2D eigenvalue weighted by Gasteiger charge is 2.06. The fourth-order valence-corrected chi connectivity index (χ4v) is 3.02. The zero-order valence-corrected chi connectivity index (χ0v) is 15.3. The number of pyridine rings is 1. The molecule has 0 spiro atoms. The van der Waals surface area contributed by atoms with Crippen LogP contribution in [0.1, 0.15) is 35.1 Å². The van der Waals surface area contributed by atoms with Crippen molar-refractivity contribution in [3.05, 3.63) is 81.1 Å². The van der Waals surface area contributed by atoms with Gasteiger partial charge in [-0.05, 0) is 60.9 Å². The summed E-state index contributed by atoms with van der Waals surface area (Å²) in [5.74, 6) is -0.0265. The van der Waals surface area contributed by atoms with E-state index in [0.717, 1.165) is 23.7 Å². The number of carbonyl (C=O) groups excluding carboxylic acids is 1. The summed E-state index contributed by atoms with van der Waals surface area (Å²) >= 11 is 0. The van der Waals surface area contributed by atoms with Crippen molar-refractivity contribution in [3.63, 3.8) is 0 Å². The Kier molecular flexibility index (Phi) is 5.52. The number of fused-ring (bicyclic) bond motifs is 1. The van der Waals surface area contributed by atoms with Crippen LogP contribution in [0.5, 0.6) is 0 Å². The highest BCUT2D eigenvalue weighted by molar-refractivity contribution is 5.79. The first-order valence-electron chi connectivity index (χ1n) is 8.97. The zero-order chi connectivity index (χ0) is 18.5. The summed E-state index contributed by atoms with van der Waals surface area (Å²) in [6.45, 7) is 4.45. The van der Waals surface area contributed by atoms with Gasteiger partial charge in [0.2, 0.25) is 5.91 Å². The number of nitrogens with one attached hydrogen (secondary N) is 2. The lowest BCUT2D eigenvalue weighted by Crippen LogP contribution is -2.26. The first kappa shape index (κ1) is 17.9. The molecule has 0 aliphatic heterocycles. The van der Waals surface area contributed by atoms with Crippen LogP contribution in [-0.2, 0) is 17.8 Å². The van der Waals surface area contributed by atoms with Crippen molar-refractivity contribution in [3.8, 4) is 0 Å². The maximum atomic E-state index is 12.1. The molecule has 0 saturated carbocycles. The molecule has 1 amide bonds. The highest BCUT2D eigenvalue weighted by Crippen LogP contribution is 2.12. The number of benzene rings is 2.